The summed E-state index contributed by atoms with van der Waals surface area (Å²) in [6, 6.07) is 19.6. The van der Waals surface area contributed by atoms with Crippen molar-refractivity contribution in [2.24, 2.45) is 11.3 Å². The van der Waals surface area contributed by atoms with E-state index in [1.54, 1.807) is 0 Å². The highest BCUT2D eigenvalue weighted by Crippen LogP contribution is 2.30. The first-order valence-corrected chi connectivity index (χ1v) is 11.4. The maximum atomic E-state index is 6.14. The zero-order valence-corrected chi connectivity index (χ0v) is 20.7. The van der Waals surface area contributed by atoms with Gasteiger partial charge >= 0.3 is 0 Å². The molecule has 0 unspecified atom stereocenters. The smallest absolute Gasteiger partial charge is 0.137 e. The van der Waals surface area contributed by atoms with Gasteiger partial charge in [0.25, 0.3) is 0 Å². The third-order valence-electron chi connectivity index (χ3n) is 6.10. The van der Waals surface area contributed by atoms with Gasteiger partial charge in [-0.05, 0) is 55.7 Å². The van der Waals surface area contributed by atoms with Crippen molar-refractivity contribution < 1.29 is 21.6 Å². The van der Waals surface area contributed by atoms with E-state index in [-0.39, 0.29) is 12.4 Å². The van der Waals surface area contributed by atoms with Gasteiger partial charge in [0, 0.05) is 5.56 Å². The molecule has 0 saturated heterocycles. The van der Waals surface area contributed by atoms with Crippen LogP contribution in [-0.4, -0.2) is 30.7 Å². The van der Waals surface area contributed by atoms with E-state index in [0.29, 0.717) is 5.41 Å². The number of likely N-dealkylation sites (N-methyl/N-ethyl adjacent to an activating group) is 1. The van der Waals surface area contributed by atoms with E-state index in [0.717, 1.165) is 55.4 Å². The van der Waals surface area contributed by atoms with Gasteiger partial charge in [0.1, 0.15) is 25.4 Å². The van der Waals surface area contributed by atoms with Crippen molar-refractivity contribution in [3.8, 4) is 5.75 Å². The predicted molar refractivity (Wildman–Crippen MR) is 125 cm³/mol. The molecule has 2 aromatic carbocycles. The van der Waals surface area contributed by atoms with E-state index in [9.17, 15) is 0 Å². The van der Waals surface area contributed by atoms with Gasteiger partial charge in [-0.3, -0.25) is 0 Å². The van der Waals surface area contributed by atoms with E-state index < -0.39 is 0 Å². The van der Waals surface area contributed by atoms with Gasteiger partial charge in [0.15, 0.2) is 0 Å². The van der Waals surface area contributed by atoms with Crippen molar-refractivity contribution >= 4 is 0 Å². The maximum Gasteiger partial charge on any atom is 0.137 e. The molecule has 3 heteroatoms. The molecule has 2 rings (SSSR count). The van der Waals surface area contributed by atoms with Crippen LogP contribution in [-0.2, 0) is 13.0 Å². The van der Waals surface area contributed by atoms with E-state index in [1.807, 2.05) is 0 Å². The van der Waals surface area contributed by atoms with Crippen LogP contribution in [0.2, 0.25) is 0 Å². The Morgan fingerprint density at radius 3 is 2.00 bits per heavy atom. The predicted octanol–water partition coefficient (Wildman–Crippen LogP) is 3.74. The normalized spacial score (nSPS) is 12.0. The molecule has 0 amide bonds. The minimum atomic E-state index is 0. The summed E-state index contributed by atoms with van der Waals surface area (Å²) in [5.74, 6) is 1.72. The minimum absolute atomic E-state index is 0. The molecule has 0 saturated carbocycles. The molecule has 0 aliphatic carbocycles. The first-order valence-electron chi connectivity index (χ1n) is 11.4. The molecule has 0 heterocycles. The van der Waals surface area contributed by atoms with E-state index in [4.69, 9.17) is 4.74 Å². The SMILES string of the molecule is CC[N+](CC)(CCOc1ccc(CC(C)(C)CC(C)C)cc1)Cc1ccccc1.[Cl-]. The monoisotopic (exact) mass is 431 g/mol. The van der Waals surface area contributed by atoms with E-state index in [1.165, 1.54) is 17.5 Å². The first kappa shape index (κ1) is 26.5. The van der Waals surface area contributed by atoms with Gasteiger partial charge < -0.3 is 21.6 Å². The van der Waals surface area contributed by atoms with E-state index >= 15 is 0 Å². The zero-order chi connectivity index (χ0) is 21.3. The highest BCUT2D eigenvalue weighted by Gasteiger charge is 2.24. The minimum Gasteiger partial charge on any atom is -1.00 e. The summed E-state index contributed by atoms with van der Waals surface area (Å²) in [5.41, 5.74) is 3.15. The van der Waals surface area contributed by atoms with Crippen LogP contribution in [0, 0.1) is 11.3 Å². The molecular formula is C27H42ClNO. The lowest BCUT2D eigenvalue weighted by Crippen LogP contribution is -3.00. The molecule has 0 aliphatic heterocycles. The summed E-state index contributed by atoms with van der Waals surface area (Å²) >= 11 is 0. The Morgan fingerprint density at radius 2 is 1.47 bits per heavy atom. The van der Waals surface area contributed by atoms with Crippen LogP contribution in [0.5, 0.6) is 5.75 Å². The molecule has 30 heavy (non-hydrogen) atoms. The van der Waals surface area contributed by atoms with E-state index in [2.05, 4.69) is 96.1 Å². The average Bonchev–Trinajstić information content (AvgIpc) is 2.68. The fourth-order valence-electron chi connectivity index (χ4n) is 4.60. The molecule has 0 aliphatic rings. The molecule has 0 aromatic heterocycles. The number of halogens is 1. The zero-order valence-electron chi connectivity index (χ0n) is 20.0. The Labute approximate surface area is 191 Å². The van der Waals surface area contributed by atoms with Crippen LogP contribution in [0.3, 0.4) is 0 Å². The Kier molecular flexibility index (Phi) is 10.9. The van der Waals surface area contributed by atoms with Crippen molar-refractivity contribution in [2.45, 2.75) is 60.9 Å². The molecule has 2 nitrogen and oxygen atoms in total. The van der Waals surface area contributed by atoms with Gasteiger partial charge in [0.2, 0.25) is 0 Å². The fraction of sp³-hybridized carbons (Fsp3) is 0.556. The van der Waals surface area contributed by atoms with Gasteiger partial charge in [-0.25, -0.2) is 0 Å². The largest absolute Gasteiger partial charge is 1.00 e. The summed E-state index contributed by atoms with van der Waals surface area (Å²) < 4.78 is 7.20. The van der Waals surface area contributed by atoms with Crippen LogP contribution in [0.25, 0.3) is 0 Å². The lowest BCUT2D eigenvalue weighted by atomic mass is 9.79. The van der Waals surface area contributed by atoms with Gasteiger partial charge in [-0.15, -0.1) is 0 Å². The first-order chi connectivity index (χ1) is 13.8. The van der Waals surface area contributed by atoms with Crippen molar-refractivity contribution in [3.05, 3.63) is 65.7 Å². The van der Waals surface area contributed by atoms with Gasteiger partial charge in [-0.1, -0.05) is 70.2 Å². The Hall–Kier alpha value is -1.51. The van der Waals surface area contributed by atoms with Crippen LogP contribution < -0.4 is 17.1 Å². The Balaban J connectivity index is 0.00000450. The van der Waals surface area contributed by atoms with Crippen LogP contribution in [0.15, 0.2) is 54.6 Å². The third-order valence-corrected chi connectivity index (χ3v) is 6.10. The van der Waals surface area contributed by atoms with Crippen molar-refractivity contribution in [3.63, 3.8) is 0 Å². The number of rotatable bonds is 12. The highest BCUT2D eigenvalue weighted by molar-refractivity contribution is 5.28. The topological polar surface area (TPSA) is 9.23 Å². The van der Waals surface area contributed by atoms with Gasteiger partial charge in [0.05, 0.1) is 13.1 Å². The maximum absolute atomic E-state index is 6.14. The molecule has 2 aromatic rings. The number of hydrogen-bond donors (Lipinski definition) is 0. The molecule has 168 valence electrons. The number of quaternary nitrogens is 1. The molecule has 0 spiro atoms. The van der Waals surface area contributed by atoms with Crippen molar-refractivity contribution in [1.29, 1.82) is 0 Å². The number of benzene rings is 2. The van der Waals surface area contributed by atoms with Gasteiger partial charge in [-0.2, -0.15) is 0 Å². The Morgan fingerprint density at radius 1 is 0.867 bits per heavy atom. The molecule has 0 radical (unpaired) electrons. The quantitative estimate of drug-likeness (QED) is 0.465. The third kappa shape index (κ3) is 8.70. The molecule has 0 atom stereocenters. The molecule has 0 N–H and O–H groups in total. The van der Waals surface area contributed by atoms with Crippen LogP contribution >= 0.6 is 0 Å². The number of ether oxygens (including phenoxy) is 1. The summed E-state index contributed by atoms with van der Waals surface area (Å²) in [6.45, 7) is 19.0. The van der Waals surface area contributed by atoms with Crippen LogP contribution in [0.4, 0.5) is 0 Å². The standard InChI is InChI=1S/C27H42NO.ClH/c1-7-28(8-2,22-25-12-10-9-11-13-25)18-19-29-26-16-14-24(15-17-26)21-27(5,6)20-23(3)4;/h9-17,23H,7-8,18-22H2,1-6H3;1H/q+1;/p-1. The summed E-state index contributed by atoms with van der Waals surface area (Å²) in [6.07, 6.45) is 2.37. The van der Waals surface area contributed by atoms with Crippen molar-refractivity contribution in [1.82, 2.24) is 0 Å². The Bertz CT molecular complexity index is 705. The number of nitrogens with zero attached hydrogens (tertiary/aromatic N) is 1. The highest BCUT2D eigenvalue weighted by atomic mass is 35.5. The summed E-state index contributed by atoms with van der Waals surface area (Å²) in [4.78, 5) is 0. The average molecular weight is 432 g/mol. The second kappa shape index (κ2) is 12.4. The van der Waals surface area contributed by atoms with Crippen molar-refractivity contribution in [2.75, 3.05) is 26.2 Å². The number of hydrogen-bond acceptors (Lipinski definition) is 1. The summed E-state index contributed by atoms with van der Waals surface area (Å²) in [5, 5.41) is 0. The molecular weight excluding hydrogens is 390 g/mol. The second-order valence-electron chi connectivity index (χ2n) is 9.77. The molecule has 0 bridgehead atoms. The lowest BCUT2D eigenvalue weighted by Gasteiger charge is -2.37. The lowest BCUT2D eigenvalue weighted by molar-refractivity contribution is -0.937. The fourth-order valence-corrected chi connectivity index (χ4v) is 4.60. The molecule has 0 fully saturated rings. The second-order valence-corrected chi connectivity index (χ2v) is 9.77. The van der Waals surface area contributed by atoms with Crippen LogP contribution in [0.1, 0.15) is 59.1 Å². The summed E-state index contributed by atoms with van der Waals surface area (Å²) in [7, 11) is 0.